The molecule has 0 saturated carbocycles. The third kappa shape index (κ3) is 9.54. The molecule has 0 aliphatic rings. The lowest BCUT2D eigenvalue weighted by molar-refractivity contribution is -0.119. The molecule has 1 N–H and O–H groups in total. The van der Waals surface area contributed by atoms with Gasteiger partial charge in [0.2, 0.25) is 11.0 Å². The third-order valence-corrected chi connectivity index (χ3v) is 2.06. The van der Waals surface area contributed by atoms with Crippen molar-refractivity contribution in [3.05, 3.63) is 0 Å². The lowest BCUT2D eigenvalue weighted by Gasteiger charge is -2.00. The molecule has 0 aromatic rings. The Morgan fingerprint density at radius 1 is 1.43 bits per heavy atom. The van der Waals surface area contributed by atoms with Crippen LogP contribution < -0.4 is 5.32 Å². The van der Waals surface area contributed by atoms with Crippen LogP contribution in [0.25, 0.3) is 0 Å². The molecule has 5 heteroatoms. The van der Waals surface area contributed by atoms with Crippen LogP contribution in [0.4, 0.5) is 0 Å². The van der Waals surface area contributed by atoms with Crippen LogP contribution in [0, 0.1) is 0 Å². The maximum absolute atomic E-state index is 11.0. The number of nitrogens with one attached hydrogen (secondary N) is 1. The van der Waals surface area contributed by atoms with E-state index >= 15 is 0 Å². The van der Waals surface area contributed by atoms with Gasteiger partial charge in [-0.25, -0.2) is 0 Å². The van der Waals surface area contributed by atoms with Crippen LogP contribution >= 0.6 is 11.8 Å². The number of rotatable bonds is 6. The highest BCUT2D eigenvalue weighted by molar-refractivity contribution is 8.14. The van der Waals surface area contributed by atoms with Gasteiger partial charge in [0.25, 0.3) is 0 Å². The topological polar surface area (TPSA) is 55.4 Å². The quantitative estimate of drug-likeness (QED) is 0.681. The van der Waals surface area contributed by atoms with Gasteiger partial charge >= 0.3 is 0 Å². The summed E-state index contributed by atoms with van der Waals surface area (Å²) < 4.78 is 5.01. The number of amides is 1. The lowest BCUT2D eigenvalue weighted by Crippen LogP contribution is -2.21. The predicted octanol–water partition coefficient (Wildman–Crippen LogP) is 1.05. The van der Waals surface area contributed by atoms with Gasteiger partial charge in [-0.2, -0.15) is 0 Å². The standard InChI is InChI=1S/C8H15NO3S.CH4/c1-3-4-12-5-8(11)13-6-7(10)9-2;/h3-6H2,1-2H3,(H,9,10);1H4. The molecule has 14 heavy (non-hydrogen) atoms. The Labute approximate surface area is 89.8 Å². The van der Waals surface area contributed by atoms with E-state index in [9.17, 15) is 9.59 Å². The van der Waals surface area contributed by atoms with Crippen molar-refractivity contribution in [3.63, 3.8) is 0 Å². The number of hydrogen-bond acceptors (Lipinski definition) is 4. The van der Waals surface area contributed by atoms with E-state index in [1.165, 1.54) is 0 Å². The summed E-state index contributed by atoms with van der Waals surface area (Å²) in [5.41, 5.74) is 0. The highest BCUT2D eigenvalue weighted by Gasteiger charge is 2.05. The van der Waals surface area contributed by atoms with Crippen molar-refractivity contribution in [2.45, 2.75) is 20.8 Å². The highest BCUT2D eigenvalue weighted by Crippen LogP contribution is 2.01. The van der Waals surface area contributed by atoms with Gasteiger partial charge in [-0.15, -0.1) is 0 Å². The Hall–Kier alpha value is -0.550. The Bertz CT molecular complexity index is 173. The van der Waals surface area contributed by atoms with Crippen molar-refractivity contribution < 1.29 is 14.3 Å². The van der Waals surface area contributed by atoms with Crippen LogP contribution in [0.5, 0.6) is 0 Å². The molecule has 0 aliphatic carbocycles. The first-order valence-electron chi connectivity index (χ1n) is 4.14. The van der Waals surface area contributed by atoms with E-state index in [2.05, 4.69) is 5.32 Å². The summed E-state index contributed by atoms with van der Waals surface area (Å²) >= 11 is 0.984. The molecule has 0 atom stereocenters. The Kier molecular flexibility index (Phi) is 12.0. The van der Waals surface area contributed by atoms with E-state index in [1.54, 1.807) is 7.05 Å². The zero-order valence-electron chi connectivity index (χ0n) is 7.96. The highest BCUT2D eigenvalue weighted by atomic mass is 32.2. The van der Waals surface area contributed by atoms with Crippen molar-refractivity contribution >= 4 is 22.8 Å². The second-order valence-corrected chi connectivity index (χ2v) is 3.42. The molecular formula is C9H19NO3S. The van der Waals surface area contributed by atoms with Crippen LogP contribution in [0.3, 0.4) is 0 Å². The average Bonchev–Trinajstić information content (AvgIpc) is 2.14. The number of hydrogen-bond donors (Lipinski definition) is 1. The monoisotopic (exact) mass is 221 g/mol. The minimum atomic E-state index is -0.145. The molecule has 84 valence electrons. The molecular weight excluding hydrogens is 202 g/mol. The summed E-state index contributed by atoms with van der Waals surface area (Å²) in [6, 6.07) is 0. The van der Waals surface area contributed by atoms with E-state index in [0.29, 0.717) is 6.61 Å². The predicted molar refractivity (Wildman–Crippen MR) is 59.4 cm³/mol. The summed E-state index contributed by atoms with van der Waals surface area (Å²) in [5, 5.41) is 2.33. The van der Waals surface area contributed by atoms with E-state index in [4.69, 9.17) is 4.74 Å². The largest absolute Gasteiger partial charge is 0.373 e. The van der Waals surface area contributed by atoms with Gasteiger partial charge in [0.15, 0.2) is 0 Å². The van der Waals surface area contributed by atoms with Crippen LogP contribution in [0.15, 0.2) is 0 Å². The Balaban J connectivity index is 0. The Morgan fingerprint density at radius 3 is 2.57 bits per heavy atom. The van der Waals surface area contributed by atoms with Crippen LogP contribution in [-0.2, 0) is 14.3 Å². The molecule has 0 radical (unpaired) electrons. The van der Waals surface area contributed by atoms with Crippen molar-refractivity contribution in [1.82, 2.24) is 5.32 Å². The molecule has 0 spiro atoms. The molecule has 0 bridgehead atoms. The maximum atomic E-state index is 11.0. The fourth-order valence-electron chi connectivity index (χ4n) is 0.560. The molecule has 1 amide bonds. The molecule has 0 unspecified atom stereocenters. The number of ether oxygens (including phenoxy) is 1. The molecule has 0 heterocycles. The van der Waals surface area contributed by atoms with Gasteiger partial charge in [0.05, 0.1) is 5.75 Å². The van der Waals surface area contributed by atoms with Crippen LogP contribution in [0.2, 0.25) is 0 Å². The fraction of sp³-hybridized carbons (Fsp3) is 0.778. The molecule has 0 rings (SSSR count). The minimum Gasteiger partial charge on any atom is -0.373 e. The smallest absolute Gasteiger partial charge is 0.230 e. The van der Waals surface area contributed by atoms with Gasteiger partial charge in [-0.05, 0) is 6.42 Å². The van der Waals surface area contributed by atoms with Gasteiger partial charge in [-0.1, -0.05) is 26.1 Å². The molecule has 0 aromatic carbocycles. The van der Waals surface area contributed by atoms with E-state index in [0.717, 1.165) is 18.2 Å². The van der Waals surface area contributed by atoms with Gasteiger partial charge < -0.3 is 10.1 Å². The van der Waals surface area contributed by atoms with Crippen molar-refractivity contribution in [2.24, 2.45) is 0 Å². The zero-order valence-corrected chi connectivity index (χ0v) is 8.78. The maximum Gasteiger partial charge on any atom is 0.230 e. The number of thioether (sulfide) groups is 1. The summed E-state index contributed by atoms with van der Waals surface area (Å²) in [5.74, 6) is 0.0269. The number of carbonyl (C=O) groups excluding carboxylic acids is 2. The first kappa shape index (κ1) is 15.9. The van der Waals surface area contributed by atoms with Gasteiger partial charge in [-0.3, -0.25) is 9.59 Å². The van der Waals surface area contributed by atoms with Crippen LogP contribution in [0.1, 0.15) is 20.8 Å². The lowest BCUT2D eigenvalue weighted by atomic mass is 10.5. The van der Waals surface area contributed by atoms with Gasteiger partial charge in [0, 0.05) is 13.7 Å². The molecule has 4 nitrogen and oxygen atoms in total. The zero-order chi connectivity index (χ0) is 10.1. The minimum absolute atomic E-state index is 0. The first-order chi connectivity index (χ1) is 6.20. The number of carbonyl (C=O) groups is 2. The second-order valence-electron chi connectivity index (χ2n) is 2.39. The fourth-order valence-corrected chi connectivity index (χ4v) is 1.16. The third-order valence-electron chi connectivity index (χ3n) is 1.21. The van der Waals surface area contributed by atoms with Crippen LogP contribution in [-0.4, -0.2) is 37.0 Å². The Morgan fingerprint density at radius 2 is 2.07 bits per heavy atom. The van der Waals surface area contributed by atoms with Gasteiger partial charge in [0.1, 0.15) is 6.61 Å². The van der Waals surface area contributed by atoms with Crippen molar-refractivity contribution in [3.8, 4) is 0 Å². The molecule has 0 aromatic heterocycles. The van der Waals surface area contributed by atoms with Crippen molar-refractivity contribution in [2.75, 3.05) is 26.0 Å². The van der Waals surface area contributed by atoms with E-state index in [-0.39, 0.29) is 30.8 Å². The summed E-state index contributed by atoms with van der Waals surface area (Å²) in [4.78, 5) is 21.7. The molecule has 0 fully saturated rings. The SMILES string of the molecule is C.CCCOCC(=O)SCC(=O)NC. The average molecular weight is 221 g/mol. The molecule has 0 saturated heterocycles. The normalized spacial score (nSPS) is 9.00. The summed E-state index contributed by atoms with van der Waals surface area (Å²) in [7, 11) is 1.54. The second kappa shape index (κ2) is 10.5. The van der Waals surface area contributed by atoms with Crippen molar-refractivity contribution in [1.29, 1.82) is 0 Å². The summed E-state index contributed by atoms with van der Waals surface area (Å²) in [6.07, 6.45) is 0.896. The molecule has 0 aliphatic heterocycles. The van der Waals surface area contributed by atoms with E-state index in [1.807, 2.05) is 6.92 Å². The summed E-state index contributed by atoms with van der Waals surface area (Å²) in [6.45, 7) is 2.66. The first-order valence-corrected chi connectivity index (χ1v) is 5.13. The van der Waals surface area contributed by atoms with E-state index < -0.39 is 0 Å².